The molecule has 0 aliphatic carbocycles. The number of fused-ring (bicyclic) bond motifs is 1. The molecule has 5 nitrogen and oxygen atoms in total. The van der Waals surface area contributed by atoms with Crippen LogP contribution in [0.1, 0.15) is 11.1 Å². The summed E-state index contributed by atoms with van der Waals surface area (Å²) in [6, 6.07) is 13.0. The normalized spacial score (nSPS) is 15.4. The van der Waals surface area contributed by atoms with Gasteiger partial charge in [-0.05, 0) is 49.2 Å². The van der Waals surface area contributed by atoms with Crippen molar-refractivity contribution in [3.63, 3.8) is 0 Å². The quantitative estimate of drug-likeness (QED) is 0.729. The van der Waals surface area contributed by atoms with Crippen molar-refractivity contribution in [2.24, 2.45) is 0 Å². The lowest BCUT2D eigenvalue weighted by atomic mass is 10.2. The Morgan fingerprint density at radius 1 is 0.870 bits per heavy atom. The molecule has 1 aliphatic rings. The third-order valence-corrected chi connectivity index (χ3v) is 4.48. The molecule has 0 amide bonds. The fourth-order valence-corrected chi connectivity index (χ4v) is 3.28. The van der Waals surface area contributed by atoms with E-state index in [-0.39, 0.29) is 0 Å². The van der Waals surface area contributed by atoms with Crippen LogP contribution < -0.4 is 9.80 Å². The molecule has 3 aromatic rings. The Bertz CT molecular complexity index is 830. The van der Waals surface area contributed by atoms with Gasteiger partial charge in [-0.1, -0.05) is 12.1 Å². The Kier molecular flexibility index (Phi) is 3.41. The van der Waals surface area contributed by atoms with Crippen molar-refractivity contribution in [2.45, 2.75) is 13.8 Å². The summed E-state index contributed by atoms with van der Waals surface area (Å²) >= 11 is 0. The van der Waals surface area contributed by atoms with E-state index in [0.29, 0.717) is 0 Å². The lowest BCUT2D eigenvalue weighted by Crippen LogP contribution is -2.47. The highest BCUT2D eigenvalue weighted by molar-refractivity contribution is 5.55. The van der Waals surface area contributed by atoms with Crippen molar-refractivity contribution in [2.75, 3.05) is 36.0 Å². The van der Waals surface area contributed by atoms with E-state index in [1.54, 1.807) is 6.33 Å². The highest BCUT2D eigenvalue weighted by atomic mass is 15.4. The summed E-state index contributed by atoms with van der Waals surface area (Å²) in [6.07, 6.45) is 1.63. The van der Waals surface area contributed by atoms with Crippen molar-refractivity contribution < 1.29 is 0 Å². The van der Waals surface area contributed by atoms with Gasteiger partial charge in [0.15, 0.2) is 5.65 Å². The third kappa shape index (κ3) is 2.63. The number of aromatic nitrogens is 3. The van der Waals surface area contributed by atoms with Gasteiger partial charge in [-0.15, -0.1) is 0 Å². The largest absolute Gasteiger partial charge is 0.368 e. The van der Waals surface area contributed by atoms with Gasteiger partial charge < -0.3 is 9.80 Å². The van der Waals surface area contributed by atoms with Crippen LogP contribution in [0.25, 0.3) is 5.65 Å². The highest BCUT2D eigenvalue weighted by Gasteiger charge is 2.20. The molecule has 1 aromatic carbocycles. The van der Waals surface area contributed by atoms with Crippen LogP contribution in [0.4, 0.5) is 11.5 Å². The molecular weight excluding hydrogens is 286 g/mol. The second-order valence-electron chi connectivity index (χ2n) is 6.23. The SMILES string of the molecule is Cc1cccc(N2CCN(c3cc(C)cc4ncnn34)CC2)c1. The molecule has 0 unspecified atom stereocenters. The maximum atomic E-state index is 4.37. The highest BCUT2D eigenvalue weighted by Crippen LogP contribution is 2.22. The van der Waals surface area contributed by atoms with Crippen molar-refractivity contribution in [1.29, 1.82) is 0 Å². The molecule has 118 valence electrons. The van der Waals surface area contributed by atoms with E-state index in [9.17, 15) is 0 Å². The molecule has 2 aromatic heterocycles. The molecule has 4 rings (SSSR count). The summed E-state index contributed by atoms with van der Waals surface area (Å²) in [5.74, 6) is 1.14. The number of anilines is 2. The summed E-state index contributed by atoms with van der Waals surface area (Å²) in [7, 11) is 0. The zero-order chi connectivity index (χ0) is 15.8. The number of nitrogens with zero attached hydrogens (tertiary/aromatic N) is 5. The molecule has 0 bridgehead atoms. The number of hydrogen-bond donors (Lipinski definition) is 0. The van der Waals surface area contributed by atoms with Crippen LogP contribution in [0.15, 0.2) is 42.7 Å². The van der Waals surface area contributed by atoms with Gasteiger partial charge in [0, 0.05) is 31.9 Å². The summed E-state index contributed by atoms with van der Waals surface area (Å²) in [6.45, 7) is 8.29. The van der Waals surface area contributed by atoms with E-state index in [1.807, 2.05) is 4.52 Å². The van der Waals surface area contributed by atoms with E-state index >= 15 is 0 Å². The summed E-state index contributed by atoms with van der Waals surface area (Å²) in [4.78, 5) is 9.18. The topological polar surface area (TPSA) is 36.7 Å². The first-order valence-corrected chi connectivity index (χ1v) is 8.08. The summed E-state index contributed by atoms with van der Waals surface area (Å²) in [5.41, 5.74) is 4.77. The zero-order valence-electron chi connectivity index (χ0n) is 13.6. The lowest BCUT2D eigenvalue weighted by Gasteiger charge is -2.37. The minimum absolute atomic E-state index is 0.918. The average molecular weight is 307 g/mol. The summed E-state index contributed by atoms with van der Waals surface area (Å²) < 4.78 is 1.94. The predicted octanol–water partition coefficient (Wildman–Crippen LogP) is 2.67. The fourth-order valence-electron chi connectivity index (χ4n) is 3.28. The molecule has 3 heterocycles. The van der Waals surface area contributed by atoms with Crippen LogP contribution in [0, 0.1) is 13.8 Å². The molecular formula is C18H21N5. The molecule has 1 saturated heterocycles. The van der Waals surface area contributed by atoms with Crippen molar-refractivity contribution in [1.82, 2.24) is 14.6 Å². The average Bonchev–Trinajstić information content (AvgIpc) is 3.02. The monoisotopic (exact) mass is 307 g/mol. The van der Waals surface area contributed by atoms with Crippen LogP contribution in [0.3, 0.4) is 0 Å². The van der Waals surface area contributed by atoms with E-state index in [1.165, 1.54) is 16.8 Å². The Morgan fingerprint density at radius 2 is 1.65 bits per heavy atom. The summed E-state index contributed by atoms with van der Waals surface area (Å²) in [5, 5.41) is 4.37. The van der Waals surface area contributed by atoms with Crippen molar-refractivity contribution >= 4 is 17.2 Å². The minimum Gasteiger partial charge on any atom is -0.368 e. The second kappa shape index (κ2) is 5.57. The Hall–Kier alpha value is -2.56. The van der Waals surface area contributed by atoms with Gasteiger partial charge in [0.05, 0.1) is 0 Å². The van der Waals surface area contributed by atoms with Crippen LogP contribution >= 0.6 is 0 Å². The molecule has 0 spiro atoms. The fraction of sp³-hybridized carbons (Fsp3) is 0.333. The Labute approximate surface area is 136 Å². The Balaban J connectivity index is 1.56. The molecule has 0 atom stereocenters. The van der Waals surface area contributed by atoms with Gasteiger partial charge in [-0.2, -0.15) is 9.61 Å². The maximum Gasteiger partial charge on any atom is 0.157 e. The molecule has 23 heavy (non-hydrogen) atoms. The number of piperazine rings is 1. The first-order valence-electron chi connectivity index (χ1n) is 8.08. The zero-order valence-corrected chi connectivity index (χ0v) is 13.6. The second-order valence-corrected chi connectivity index (χ2v) is 6.23. The first-order chi connectivity index (χ1) is 11.2. The van der Waals surface area contributed by atoms with Gasteiger partial charge in [0.2, 0.25) is 0 Å². The van der Waals surface area contributed by atoms with Gasteiger partial charge in [-0.3, -0.25) is 0 Å². The molecule has 0 N–H and O–H groups in total. The van der Waals surface area contributed by atoms with Crippen LogP contribution in [0.5, 0.6) is 0 Å². The van der Waals surface area contributed by atoms with Crippen LogP contribution in [-0.4, -0.2) is 40.8 Å². The van der Waals surface area contributed by atoms with Gasteiger partial charge in [0.1, 0.15) is 12.1 Å². The standard InChI is InChI=1S/C18H21N5/c1-14-4-3-5-16(10-14)21-6-8-22(9-7-21)18-12-15(2)11-17-19-13-20-23(17)18/h3-5,10-13H,6-9H2,1-2H3. The Morgan fingerprint density at radius 3 is 2.43 bits per heavy atom. The molecule has 1 fully saturated rings. The van der Waals surface area contributed by atoms with E-state index in [2.05, 4.69) is 70.1 Å². The molecule has 0 saturated carbocycles. The molecule has 5 heteroatoms. The van der Waals surface area contributed by atoms with Crippen molar-refractivity contribution in [3.8, 4) is 0 Å². The number of benzene rings is 1. The number of aryl methyl sites for hydroxylation is 2. The van der Waals surface area contributed by atoms with Gasteiger partial charge in [-0.25, -0.2) is 4.98 Å². The molecule has 0 radical (unpaired) electrons. The number of pyridine rings is 1. The smallest absolute Gasteiger partial charge is 0.157 e. The number of hydrogen-bond acceptors (Lipinski definition) is 4. The van der Waals surface area contributed by atoms with E-state index < -0.39 is 0 Å². The third-order valence-electron chi connectivity index (χ3n) is 4.48. The van der Waals surface area contributed by atoms with E-state index in [4.69, 9.17) is 0 Å². The van der Waals surface area contributed by atoms with Gasteiger partial charge in [0.25, 0.3) is 0 Å². The van der Waals surface area contributed by atoms with Crippen LogP contribution in [0.2, 0.25) is 0 Å². The van der Waals surface area contributed by atoms with E-state index in [0.717, 1.165) is 37.6 Å². The minimum atomic E-state index is 0.918. The van der Waals surface area contributed by atoms with Crippen molar-refractivity contribution in [3.05, 3.63) is 53.9 Å². The predicted molar refractivity (Wildman–Crippen MR) is 93.3 cm³/mol. The molecule has 1 aliphatic heterocycles. The van der Waals surface area contributed by atoms with Gasteiger partial charge >= 0.3 is 0 Å². The van der Waals surface area contributed by atoms with Crippen LogP contribution in [-0.2, 0) is 0 Å². The first kappa shape index (κ1) is 14.1. The number of rotatable bonds is 2. The maximum absolute atomic E-state index is 4.37. The lowest BCUT2D eigenvalue weighted by molar-refractivity contribution is 0.639.